The van der Waals surface area contributed by atoms with Gasteiger partial charge in [0.25, 0.3) is 5.91 Å². The summed E-state index contributed by atoms with van der Waals surface area (Å²) in [6.07, 6.45) is 1.06. The van der Waals surface area contributed by atoms with E-state index in [0.29, 0.717) is 37.4 Å². The zero-order valence-electron chi connectivity index (χ0n) is 14.9. The lowest BCUT2D eigenvalue weighted by atomic mass is 9.96. The van der Waals surface area contributed by atoms with Crippen LogP contribution in [0, 0.1) is 11.7 Å². The highest BCUT2D eigenvalue weighted by Gasteiger charge is 2.29. The topological polar surface area (TPSA) is 94.1 Å². The third kappa shape index (κ3) is 3.53. The molecule has 2 amide bonds. The molecule has 1 aliphatic rings. The largest absolute Gasteiger partial charge is 0.369 e. The van der Waals surface area contributed by atoms with Crippen LogP contribution in [-0.2, 0) is 4.79 Å². The SMILES string of the molecule is NC(=O)C1CCN(C(=O)c2nc(-c3cccs3)n(-c3cccc(F)c3)n2)CC1. The standard InChI is InChI=1S/C19H18FN5O2S/c20-13-3-1-4-14(11-13)25-18(15-5-2-10-28-15)22-17(23-25)19(27)24-8-6-12(7-9-24)16(21)26/h1-5,10-12H,6-9H2,(H2,21,26). The zero-order chi connectivity index (χ0) is 19.7. The number of aromatic nitrogens is 3. The molecular formula is C19H18FN5O2S. The van der Waals surface area contributed by atoms with Gasteiger partial charge in [-0.3, -0.25) is 9.59 Å². The fraction of sp³-hybridized carbons (Fsp3) is 0.263. The lowest BCUT2D eigenvalue weighted by Gasteiger charge is -2.29. The molecule has 1 fully saturated rings. The van der Waals surface area contributed by atoms with Crippen molar-refractivity contribution in [3.8, 4) is 16.4 Å². The lowest BCUT2D eigenvalue weighted by molar-refractivity contribution is -0.123. The predicted molar refractivity (Wildman–Crippen MR) is 102 cm³/mol. The summed E-state index contributed by atoms with van der Waals surface area (Å²) in [6, 6.07) is 9.73. The van der Waals surface area contributed by atoms with Gasteiger partial charge in [-0.1, -0.05) is 12.1 Å². The van der Waals surface area contributed by atoms with E-state index in [1.807, 2.05) is 17.5 Å². The number of carbonyl (C=O) groups is 2. The maximum atomic E-state index is 13.7. The zero-order valence-corrected chi connectivity index (χ0v) is 15.7. The van der Waals surface area contributed by atoms with E-state index in [4.69, 9.17) is 5.73 Å². The van der Waals surface area contributed by atoms with Crippen molar-refractivity contribution in [1.82, 2.24) is 19.7 Å². The Morgan fingerprint density at radius 1 is 1.18 bits per heavy atom. The molecule has 0 spiro atoms. The Morgan fingerprint density at radius 2 is 1.96 bits per heavy atom. The molecule has 7 nitrogen and oxygen atoms in total. The third-order valence-electron chi connectivity index (χ3n) is 4.78. The Balaban J connectivity index is 1.66. The number of hydrogen-bond donors (Lipinski definition) is 1. The van der Waals surface area contributed by atoms with Crippen LogP contribution in [-0.4, -0.2) is 44.6 Å². The number of amides is 2. The molecule has 3 aromatic rings. The Labute approximate surface area is 164 Å². The van der Waals surface area contributed by atoms with Crippen molar-refractivity contribution in [1.29, 1.82) is 0 Å². The van der Waals surface area contributed by atoms with Crippen molar-refractivity contribution >= 4 is 23.2 Å². The molecule has 9 heteroatoms. The highest BCUT2D eigenvalue weighted by atomic mass is 32.1. The molecule has 2 aromatic heterocycles. The van der Waals surface area contributed by atoms with Crippen LogP contribution in [0.4, 0.5) is 4.39 Å². The van der Waals surface area contributed by atoms with E-state index in [2.05, 4.69) is 10.1 Å². The molecule has 0 aliphatic carbocycles. The van der Waals surface area contributed by atoms with Crippen LogP contribution >= 0.6 is 11.3 Å². The number of nitrogens with two attached hydrogens (primary N) is 1. The minimum absolute atomic E-state index is 0.0465. The number of carbonyl (C=O) groups excluding carboxylic acids is 2. The first-order valence-corrected chi connectivity index (χ1v) is 9.76. The van der Waals surface area contributed by atoms with E-state index in [0.717, 1.165) is 4.88 Å². The number of primary amides is 1. The van der Waals surface area contributed by atoms with Crippen LogP contribution in [0.15, 0.2) is 41.8 Å². The summed E-state index contributed by atoms with van der Waals surface area (Å²) in [5, 5.41) is 6.27. The van der Waals surface area contributed by atoms with E-state index in [9.17, 15) is 14.0 Å². The Morgan fingerprint density at radius 3 is 2.61 bits per heavy atom. The number of nitrogens with zero attached hydrogens (tertiary/aromatic N) is 4. The van der Waals surface area contributed by atoms with Gasteiger partial charge in [0.1, 0.15) is 5.82 Å². The number of thiophene rings is 1. The van der Waals surface area contributed by atoms with Crippen LogP contribution in [0.3, 0.4) is 0 Å². The molecule has 0 bridgehead atoms. The van der Waals surface area contributed by atoms with Gasteiger partial charge in [0.05, 0.1) is 10.6 Å². The second-order valence-corrected chi connectivity index (χ2v) is 7.54. The third-order valence-corrected chi connectivity index (χ3v) is 5.64. The molecular weight excluding hydrogens is 381 g/mol. The second kappa shape index (κ2) is 7.51. The average molecular weight is 399 g/mol. The molecule has 2 N–H and O–H groups in total. The summed E-state index contributed by atoms with van der Waals surface area (Å²) < 4.78 is 15.2. The lowest BCUT2D eigenvalue weighted by Crippen LogP contribution is -2.42. The molecule has 0 unspecified atom stereocenters. The van der Waals surface area contributed by atoms with Crippen LogP contribution in [0.2, 0.25) is 0 Å². The highest BCUT2D eigenvalue weighted by molar-refractivity contribution is 7.13. The van der Waals surface area contributed by atoms with Gasteiger partial charge < -0.3 is 10.6 Å². The van der Waals surface area contributed by atoms with Gasteiger partial charge >= 0.3 is 0 Å². The minimum atomic E-state index is -0.397. The monoisotopic (exact) mass is 399 g/mol. The van der Waals surface area contributed by atoms with E-state index in [-0.39, 0.29) is 23.6 Å². The molecule has 0 saturated carbocycles. The Hall–Kier alpha value is -3.07. The average Bonchev–Trinajstić information content (AvgIpc) is 3.37. The Bertz CT molecular complexity index is 1010. The van der Waals surface area contributed by atoms with Crippen LogP contribution < -0.4 is 5.73 Å². The van der Waals surface area contributed by atoms with Gasteiger partial charge in [0.15, 0.2) is 5.82 Å². The predicted octanol–water partition coefficient (Wildman–Crippen LogP) is 2.47. The molecule has 28 heavy (non-hydrogen) atoms. The van der Waals surface area contributed by atoms with Crippen molar-refractivity contribution < 1.29 is 14.0 Å². The summed E-state index contributed by atoms with van der Waals surface area (Å²) in [4.78, 5) is 31.1. The van der Waals surface area contributed by atoms with Gasteiger partial charge in [-0.15, -0.1) is 16.4 Å². The van der Waals surface area contributed by atoms with Crippen molar-refractivity contribution in [3.05, 3.63) is 53.4 Å². The number of benzene rings is 1. The fourth-order valence-electron chi connectivity index (χ4n) is 3.26. The first-order valence-electron chi connectivity index (χ1n) is 8.88. The molecule has 0 atom stereocenters. The van der Waals surface area contributed by atoms with Gasteiger partial charge in [-0.25, -0.2) is 14.1 Å². The number of rotatable bonds is 4. The van der Waals surface area contributed by atoms with Crippen LogP contribution in [0.1, 0.15) is 23.5 Å². The van der Waals surface area contributed by atoms with E-state index >= 15 is 0 Å². The normalized spacial score (nSPS) is 15.0. The van der Waals surface area contributed by atoms with Crippen molar-refractivity contribution in [3.63, 3.8) is 0 Å². The number of piperidine rings is 1. The maximum Gasteiger partial charge on any atom is 0.293 e. The first-order chi connectivity index (χ1) is 13.5. The number of likely N-dealkylation sites (tertiary alicyclic amines) is 1. The quantitative estimate of drug-likeness (QED) is 0.729. The summed E-state index contributed by atoms with van der Waals surface area (Å²) >= 11 is 1.46. The van der Waals surface area contributed by atoms with Crippen LogP contribution in [0.5, 0.6) is 0 Å². The summed E-state index contributed by atoms with van der Waals surface area (Å²) in [5.74, 6) is -0.715. The first kappa shape index (κ1) is 18.3. The smallest absolute Gasteiger partial charge is 0.293 e. The van der Waals surface area contributed by atoms with Crippen molar-refractivity contribution in [2.45, 2.75) is 12.8 Å². The summed E-state index contributed by atoms with van der Waals surface area (Å²) in [6.45, 7) is 0.852. The molecule has 1 aliphatic heterocycles. The number of halogens is 1. The number of hydrogen-bond acceptors (Lipinski definition) is 5. The second-order valence-electron chi connectivity index (χ2n) is 6.60. The van der Waals surface area contributed by atoms with Gasteiger partial charge in [-0.2, -0.15) is 0 Å². The summed E-state index contributed by atoms with van der Waals surface area (Å²) in [5.41, 5.74) is 5.84. The van der Waals surface area contributed by atoms with Gasteiger partial charge in [0, 0.05) is 19.0 Å². The van der Waals surface area contributed by atoms with E-state index < -0.39 is 5.82 Å². The Kier molecular flexibility index (Phi) is 4.91. The molecule has 144 valence electrons. The molecule has 3 heterocycles. The summed E-state index contributed by atoms with van der Waals surface area (Å²) in [7, 11) is 0. The van der Waals surface area contributed by atoms with Gasteiger partial charge in [-0.05, 0) is 42.5 Å². The van der Waals surface area contributed by atoms with E-state index in [1.54, 1.807) is 17.0 Å². The van der Waals surface area contributed by atoms with Crippen LogP contribution in [0.25, 0.3) is 16.4 Å². The minimum Gasteiger partial charge on any atom is -0.369 e. The van der Waals surface area contributed by atoms with E-state index in [1.165, 1.54) is 28.2 Å². The van der Waals surface area contributed by atoms with Gasteiger partial charge in [0.2, 0.25) is 11.7 Å². The molecule has 4 rings (SSSR count). The molecule has 1 aromatic carbocycles. The fourth-order valence-corrected chi connectivity index (χ4v) is 3.96. The highest BCUT2D eigenvalue weighted by Crippen LogP contribution is 2.26. The maximum absolute atomic E-state index is 13.7. The molecule has 1 saturated heterocycles. The van der Waals surface area contributed by atoms with Crippen molar-refractivity contribution in [2.24, 2.45) is 11.7 Å². The van der Waals surface area contributed by atoms with Crippen molar-refractivity contribution in [2.75, 3.05) is 13.1 Å². The molecule has 0 radical (unpaired) electrons.